The lowest BCUT2D eigenvalue weighted by molar-refractivity contribution is -0.118. The van der Waals surface area contributed by atoms with Crippen LogP contribution in [0.3, 0.4) is 0 Å². The number of carbonyl (C=O) groups is 1. The number of hydrogen-bond acceptors (Lipinski definition) is 2. The molecule has 0 aromatic heterocycles. The van der Waals surface area contributed by atoms with Crippen LogP contribution in [0.4, 0.5) is 5.69 Å². The molecule has 0 spiro atoms. The molecule has 0 bridgehead atoms. The summed E-state index contributed by atoms with van der Waals surface area (Å²) in [6.45, 7) is 1.84. The Hall–Kier alpha value is -1.51. The van der Waals surface area contributed by atoms with E-state index in [1.165, 1.54) is 0 Å². The van der Waals surface area contributed by atoms with Crippen LogP contribution in [0.1, 0.15) is 17.5 Å². The van der Waals surface area contributed by atoms with Crippen LogP contribution in [0.15, 0.2) is 12.1 Å². The molecule has 0 fully saturated rings. The van der Waals surface area contributed by atoms with Crippen LogP contribution >= 0.6 is 0 Å². The van der Waals surface area contributed by atoms with Gasteiger partial charge in [0.2, 0.25) is 5.91 Å². The van der Waals surface area contributed by atoms with Gasteiger partial charge in [-0.05, 0) is 36.6 Å². The molecule has 0 saturated heterocycles. The number of phenolic OH excluding ortho intramolecular Hbond substituents is 1. The molecule has 1 N–H and O–H groups in total. The highest BCUT2D eigenvalue weighted by Crippen LogP contribution is 2.32. The number of rotatable bonds is 0. The average molecular weight is 191 g/mol. The van der Waals surface area contributed by atoms with E-state index in [9.17, 15) is 9.90 Å². The number of nitrogens with zero attached hydrogens (tertiary/aromatic N) is 1. The summed E-state index contributed by atoms with van der Waals surface area (Å²) < 4.78 is 0. The minimum Gasteiger partial charge on any atom is -0.508 e. The van der Waals surface area contributed by atoms with Crippen LogP contribution in [-0.4, -0.2) is 18.1 Å². The lowest BCUT2D eigenvalue weighted by atomic mass is 9.99. The molecular formula is C11H13NO2. The van der Waals surface area contributed by atoms with Crippen LogP contribution in [0, 0.1) is 6.92 Å². The summed E-state index contributed by atoms with van der Waals surface area (Å²) in [6, 6.07) is 3.62. The van der Waals surface area contributed by atoms with Crippen molar-refractivity contribution in [3.05, 3.63) is 23.3 Å². The van der Waals surface area contributed by atoms with Crippen molar-refractivity contribution in [1.29, 1.82) is 0 Å². The number of benzene rings is 1. The third kappa shape index (κ3) is 1.25. The highest BCUT2D eigenvalue weighted by atomic mass is 16.3. The van der Waals surface area contributed by atoms with Crippen molar-refractivity contribution in [2.75, 3.05) is 11.9 Å². The maximum Gasteiger partial charge on any atom is 0.227 e. The zero-order valence-corrected chi connectivity index (χ0v) is 8.37. The average Bonchev–Trinajstić information content (AvgIpc) is 2.15. The number of anilines is 1. The fourth-order valence-electron chi connectivity index (χ4n) is 1.78. The predicted molar refractivity (Wildman–Crippen MR) is 54.6 cm³/mol. The van der Waals surface area contributed by atoms with Gasteiger partial charge in [-0.2, -0.15) is 0 Å². The van der Waals surface area contributed by atoms with Gasteiger partial charge in [0, 0.05) is 19.2 Å². The SMILES string of the molecule is Cc1cc2c(cc1O)CCC(=O)N2C. The van der Waals surface area contributed by atoms with Gasteiger partial charge in [-0.1, -0.05) is 0 Å². The first-order valence-corrected chi connectivity index (χ1v) is 4.68. The van der Waals surface area contributed by atoms with Crippen molar-refractivity contribution in [2.45, 2.75) is 19.8 Å². The zero-order valence-electron chi connectivity index (χ0n) is 8.37. The van der Waals surface area contributed by atoms with Gasteiger partial charge in [-0.15, -0.1) is 0 Å². The molecule has 0 radical (unpaired) electrons. The van der Waals surface area contributed by atoms with E-state index in [2.05, 4.69) is 0 Å². The molecule has 3 heteroatoms. The topological polar surface area (TPSA) is 40.5 Å². The van der Waals surface area contributed by atoms with E-state index in [0.717, 1.165) is 23.2 Å². The lowest BCUT2D eigenvalue weighted by Crippen LogP contribution is -2.31. The summed E-state index contributed by atoms with van der Waals surface area (Å²) in [5, 5.41) is 9.52. The number of phenols is 1. The van der Waals surface area contributed by atoms with Crippen molar-refractivity contribution in [3.8, 4) is 5.75 Å². The first kappa shape index (κ1) is 9.06. The van der Waals surface area contributed by atoms with Crippen molar-refractivity contribution in [1.82, 2.24) is 0 Å². The second-order valence-electron chi connectivity index (χ2n) is 3.72. The van der Waals surface area contributed by atoms with Crippen LogP contribution in [-0.2, 0) is 11.2 Å². The Kier molecular flexibility index (Phi) is 1.95. The Morgan fingerprint density at radius 1 is 1.36 bits per heavy atom. The first-order chi connectivity index (χ1) is 6.59. The number of hydrogen-bond donors (Lipinski definition) is 1. The van der Waals surface area contributed by atoms with Gasteiger partial charge in [-0.3, -0.25) is 4.79 Å². The second kappa shape index (κ2) is 3.01. The first-order valence-electron chi connectivity index (χ1n) is 4.68. The molecule has 1 heterocycles. The quantitative estimate of drug-likeness (QED) is 0.676. The Bertz CT molecular complexity index is 399. The summed E-state index contributed by atoms with van der Waals surface area (Å²) >= 11 is 0. The molecule has 1 aromatic rings. The Balaban J connectivity index is 2.55. The monoisotopic (exact) mass is 191 g/mol. The van der Waals surface area contributed by atoms with Gasteiger partial charge in [0.1, 0.15) is 5.75 Å². The highest BCUT2D eigenvalue weighted by Gasteiger charge is 2.21. The van der Waals surface area contributed by atoms with E-state index in [1.54, 1.807) is 18.0 Å². The molecule has 1 aliphatic heterocycles. The molecule has 1 amide bonds. The van der Waals surface area contributed by atoms with Crippen molar-refractivity contribution in [2.24, 2.45) is 0 Å². The second-order valence-corrected chi connectivity index (χ2v) is 3.72. The number of carbonyl (C=O) groups excluding carboxylic acids is 1. The van der Waals surface area contributed by atoms with Gasteiger partial charge >= 0.3 is 0 Å². The van der Waals surface area contributed by atoms with Gasteiger partial charge in [0.05, 0.1) is 0 Å². The minimum atomic E-state index is 0.141. The molecule has 0 unspecified atom stereocenters. The molecule has 74 valence electrons. The third-order valence-electron chi connectivity index (χ3n) is 2.74. The molecule has 0 saturated carbocycles. The third-order valence-corrected chi connectivity index (χ3v) is 2.74. The Labute approximate surface area is 83.0 Å². The molecule has 0 atom stereocenters. The summed E-state index contributed by atoms with van der Waals surface area (Å²) in [6.07, 6.45) is 1.26. The summed E-state index contributed by atoms with van der Waals surface area (Å²) in [7, 11) is 1.77. The number of fused-ring (bicyclic) bond motifs is 1. The normalized spacial score (nSPS) is 15.6. The smallest absolute Gasteiger partial charge is 0.227 e. The highest BCUT2D eigenvalue weighted by molar-refractivity contribution is 5.96. The van der Waals surface area contributed by atoms with Gasteiger partial charge < -0.3 is 10.0 Å². The Morgan fingerprint density at radius 2 is 2.07 bits per heavy atom. The maximum atomic E-state index is 11.4. The van der Waals surface area contributed by atoms with Gasteiger partial charge in [-0.25, -0.2) is 0 Å². The minimum absolute atomic E-state index is 0.141. The van der Waals surface area contributed by atoms with Crippen LogP contribution in [0.25, 0.3) is 0 Å². The molecular weight excluding hydrogens is 178 g/mol. The summed E-state index contributed by atoms with van der Waals surface area (Å²) in [5.74, 6) is 0.453. The van der Waals surface area contributed by atoms with E-state index in [4.69, 9.17) is 0 Å². The summed E-state index contributed by atoms with van der Waals surface area (Å²) in [4.78, 5) is 13.1. The maximum absolute atomic E-state index is 11.4. The van der Waals surface area contributed by atoms with Crippen molar-refractivity contribution < 1.29 is 9.90 Å². The van der Waals surface area contributed by atoms with Crippen LogP contribution in [0.5, 0.6) is 5.75 Å². The molecule has 1 aromatic carbocycles. The van der Waals surface area contributed by atoms with E-state index < -0.39 is 0 Å². The number of amides is 1. The molecule has 14 heavy (non-hydrogen) atoms. The number of aromatic hydroxyl groups is 1. The molecule has 0 aliphatic carbocycles. The number of aryl methyl sites for hydroxylation is 2. The van der Waals surface area contributed by atoms with Crippen LogP contribution < -0.4 is 4.90 Å². The zero-order chi connectivity index (χ0) is 10.3. The predicted octanol–water partition coefficient (Wildman–Crippen LogP) is 1.61. The molecule has 2 rings (SSSR count). The van der Waals surface area contributed by atoms with Crippen molar-refractivity contribution in [3.63, 3.8) is 0 Å². The molecule has 3 nitrogen and oxygen atoms in total. The van der Waals surface area contributed by atoms with E-state index in [0.29, 0.717) is 12.2 Å². The van der Waals surface area contributed by atoms with Crippen LogP contribution in [0.2, 0.25) is 0 Å². The molecule has 1 aliphatic rings. The van der Waals surface area contributed by atoms with Crippen molar-refractivity contribution >= 4 is 11.6 Å². The standard InChI is InChI=1S/C11H13NO2/c1-7-5-9-8(6-10(7)13)3-4-11(14)12(9)2/h5-6,13H,3-4H2,1-2H3. The Morgan fingerprint density at radius 3 is 2.79 bits per heavy atom. The van der Waals surface area contributed by atoms with Gasteiger partial charge in [0.25, 0.3) is 0 Å². The largest absolute Gasteiger partial charge is 0.508 e. The van der Waals surface area contributed by atoms with Gasteiger partial charge in [0.15, 0.2) is 0 Å². The lowest BCUT2D eigenvalue weighted by Gasteiger charge is -2.26. The summed E-state index contributed by atoms with van der Waals surface area (Å²) in [5.41, 5.74) is 2.79. The fourth-order valence-corrected chi connectivity index (χ4v) is 1.78. The van der Waals surface area contributed by atoms with E-state index >= 15 is 0 Å². The fraction of sp³-hybridized carbons (Fsp3) is 0.364. The van der Waals surface area contributed by atoms with E-state index in [1.807, 2.05) is 13.0 Å². The van der Waals surface area contributed by atoms with E-state index in [-0.39, 0.29) is 5.91 Å².